The number of carbonyl (C=O) groups is 2. The molecule has 0 spiro atoms. The Morgan fingerprint density at radius 1 is 0.640 bits per heavy atom. The van der Waals surface area contributed by atoms with Crippen LogP contribution in [0, 0.1) is 0 Å². The van der Waals surface area contributed by atoms with Crippen molar-refractivity contribution >= 4 is 17.8 Å². The van der Waals surface area contributed by atoms with Gasteiger partial charge in [0.2, 0.25) is 5.78 Å². The van der Waals surface area contributed by atoms with Crippen LogP contribution < -0.4 is 5.32 Å². The van der Waals surface area contributed by atoms with E-state index in [1.165, 1.54) is 0 Å². The lowest BCUT2D eigenvalue weighted by atomic mass is 10.1. The highest BCUT2D eigenvalue weighted by Gasteiger charge is 2.16. The Kier molecular flexibility index (Phi) is 5.17. The Hall–Kier alpha value is -3.46. The maximum absolute atomic E-state index is 12.8. The van der Waals surface area contributed by atoms with Gasteiger partial charge >= 0.3 is 0 Å². The van der Waals surface area contributed by atoms with Crippen molar-refractivity contribution in [2.45, 2.75) is 0 Å². The highest BCUT2D eigenvalue weighted by molar-refractivity contribution is 6.14. The first kappa shape index (κ1) is 16.4. The first-order chi connectivity index (χ1) is 12.2. The number of ketones is 1. The normalized spacial score (nSPS) is 11.0. The monoisotopic (exact) mass is 327 g/mol. The zero-order valence-corrected chi connectivity index (χ0v) is 13.6. The summed E-state index contributed by atoms with van der Waals surface area (Å²) in [5.74, 6) is -0.541. The molecule has 0 saturated carbocycles. The predicted molar refractivity (Wildman–Crippen MR) is 99.1 cm³/mol. The predicted octanol–water partition coefficient (Wildman–Crippen LogP) is 4.34. The molecular weight excluding hydrogens is 310 g/mol. The Balaban J connectivity index is 1.93. The Morgan fingerprint density at radius 3 is 1.68 bits per heavy atom. The molecule has 3 nitrogen and oxygen atoms in total. The lowest BCUT2D eigenvalue weighted by molar-refractivity contribution is 0.0934. The molecule has 122 valence electrons. The highest BCUT2D eigenvalue weighted by atomic mass is 16.2. The zero-order chi connectivity index (χ0) is 17.5. The van der Waals surface area contributed by atoms with Crippen LogP contribution in [0.5, 0.6) is 0 Å². The fourth-order valence-corrected chi connectivity index (χ4v) is 2.40. The van der Waals surface area contributed by atoms with Gasteiger partial charge in [0.1, 0.15) is 0 Å². The number of benzene rings is 3. The van der Waals surface area contributed by atoms with Gasteiger partial charge in [0.05, 0.1) is 5.70 Å². The first-order valence-corrected chi connectivity index (χ1v) is 7.97. The second kappa shape index (κ2) is 7.88. The van der Waals surface area contributed by atoms with Crippen LogP contribution >= 0.6 is 0 Å². The fraction of sp³-hybridized carbons (Fsp3) is 0. The summed E-state index contributed by atoms with van der Waals surface area (Å²) in [6, 6.07) is 27.2. The molecule has 0 atom stereocenters. The standard InChI is InChI=1S/C22H17NO2/c24-21(18-12-6-2-7-13-18)20(16-17-10-4-1-5-11-17)23-22(25)19-14-8-3-9-15-19/h1-16H,(H,23,25). The maximum atomic E-state index is 12.8. The lowest BCUT2D eigenvalue weighted by Crippen LogP contribution is -2.27. The molecule has 0 unspecified atom stereocenters. The molecule has 3 aromatic carbocycles. The van der Waals surface area contributed by atoms with Crippen molar-refractivity contribution in [1.82, 2.24) is 5.32 Å². The summed E-state index contributed by atoms with van der Waals surface area (Å²) in [6.45, 7) is 0. The van der Waals surface area contributed by atoms with E-state index in [-0.39, 0.29) is 17.4 Å². The number of rotatable bonds is 5. The molecule has 0 saturated heterocycles. The molecule has 3 heteroatoms. The molecule has 0 fully saturated rings. The van der Waals surface area contributed by atoms with E-state index in [4.69, 9.17) is 0 Å². The van der Waals surface area contributed by atoms with Crippen molar-refractivity contribution in [2.24, 2.45) is 0 Å². The minimum Gasteiger partial charge on any atom is -0.319 e. The van der Waals surface area contributed by atoms with E-state index in [1.54, 1.807) is 54.6 Å². The average Bonchev–Trinajstić information content (AvgIpc) is 2.69. The van der Waals surface area contributed by atoms with E-state index in [1.807, 2.05) is 42.5 Å². The van der Waals surface area contributed by atoms with E-state index < -0.39 is 0 Å². The van der Waals surface area contributed by atoms with Crippen LogP contribution in [0.1, 0.15) is 26.3 Å². The molecule has 25 heavy (non-hydrogen) atoms. The molecule has 0 aliphatic heterocycles. The molecule has 0 aromatic heterocycles. The van der Waals surface area contributed by atoms with Crippen molar-refractivity contribution < 1.29 is 9.59 Å². The van der Waals surface area contributed by atoms with Crippen molar-refractivity contribution in [2.75, 3.05) is 0 Å². The summed E-state index contributed by atoms with van der Waals surface area (Å²) in [4.78, 5) is 25.3. The van der Waals surface area contributed by atoms with E-state index in [0.29, 0.717) is 11.1 Å². The Bertz CT molecular complexity index is 885. The second-order valence-corrected chi connectivity index (χ2v) is 5.48. The molecule has 1 N–H and O–H groups in total. The summed E-state index contributed by atoms with van der Waals surface area (Å²) >= 11 is 0. The van der Waals surface area contributed by atoms with Crippen molar-refractivity contribution in [3.05, 3.63) is 113 Å². The third-order valence-corrected chi connectivity index (χ3v) is 3.68. The maximum Gasteiger partial charge on any atom is 0.255 e. The number of hydrogen-bond donors (Lipinski definition) is 1. The van der Waals surface area contributed by atoms with Gasteiger partial charge in [-0.1, -0.05) is 78.9 Å². The number of carbonyl (C=O) groups excluding carboxylic acids is 2. The average molecular weight is 327 g/mol. The molecule has 0 aliphatic rings. The summed E-state index contributed by atoms with van der Waals surface area (Å²) < 4.78 is 0. The number of Topliss-reactive ketones (excluding diaryl/α,β-unsaturated/α-hetero) is 1. The van der Waals surface area contributed by atoms with E-state index in [2.05, 4.69) is 5.32 Å². The van der Waals surface area contributed by atoms with Gasteiger partial charge in [-0.25, -0.2) is 0 Å². The van der Waals surface area contributed by atoms with Gasteiger partial charge in [-0.05, 0) is 23.8 Å². The molecule has 3 aromatic rings. The fourth-order valence-electron chi connectivity index (χ4n) is 2.40. The summed E-state index contributed by atoms with van der Waals surface area (Å²) in [5.41, 5.74) is 2.11. The number of allylic oxidation sites excluding steroid dienone is 1. The van der Waals surface area contributed by atoms with Crippen molar-refractivity contribution in [3.63, 3.8) is 0 Å². The second-order valence-electron chi connectivity index (χ2n) is 5.48. The van der Waals surface area contributed by atoms with Crippen molar-refractivity contribution in [3.8, 4) is 0 Å². The molecule has 0 radical (unpaired) electrons. The Morgan fingerprint density at radius 2 is 1.12 bits per heavy atom. The summed E-state index contributed by atoms with van der Waals surface area (Å²) in [5, 5.41) is 2.75. The number of amides is 1. The van der Waals surface area contributed by atoms with Gasteiger partial charge in [0.15, 0.2) is 0 Å². The molecule has 0 aliphatic carbocycles. The van der Waals surface area contributed by atoms with Crippen LogP contribution in [-0.4, -0.2) is 11.7 Å². The quantitative estimate of drug-likeness (QED) is 0.560. The van der Waals surface area contributed by atoms with Gasteiger partial charge in [0, 0.05) is 11.1 Å². The largest absolute Gasteiger partial charge is 0.319 e. The minimum absolute atomic E-state index is 0.228. The van der Waals surface area contributed by atoms with Crippen LogP contribution in [0.25, 0.3) is 6.08 Å². The zero-order valence-electron chi connectivity index (χ0n) is 13.6. The van der Waals surface area contributed by atoms with E-state index >= 15 is 0 Å². The van der Waals surface area contributed by atoms with Crippen molar-refractivity contribution in [1.29, 1.82) is 0 Å². The lowest BCUT2D eigenvalue weighted by Gasteiger charge is -2.10. The molecule has 3 rings (SSSR count). The van der Waals surface area contributed by atoms with Gasteiger partial charge in [0.25, 0.3) is 5.91 Å². The van der Waals surface area contributed by atoms with Crippen LogP contribution in [0.3, 0.4) is 0 Å². The summed E-state index contributed by atoms with van der Waals surface area (Å²) in [7, 11) is 0. The topological polar surface area (TPSA) is 46.2 Å². The number of nitrogens with one attached hydrogen (secondary N) is 1. The highest BCUT2D eigenvalue weighted by Crippen LogP contribution is 2.12. The SMILES string of the molecule is O=C(NC(=Cc1ccccc1)C(=O)c1ccccc1)c1ccccc1. The van der Waals surface area contributed by atoms with Crippen LogP contribution in [0.15, 0.2) is 96.7 Å². The third kappa shape index (κ3) is 4.30. The van der Waals surface area contributed by atoms with Gasteiger partial charge in [-0.15, -0.1) is 0 Å². The first-order valence-electron chi connectivity index (χ1n) is 7.97. The number of hydrogen-bond acceptors (Lipinski definition) is 2. The molecule has 1 amide bonds. The molecular formula is C22H17NO2. The van der Waals surface area contributed by atoms with Gasteiger partial charge < -0.3 is 5.32 Å². The smallest absolute Gasteiger partial charge is 0.255 e. The van der Waals surface area contributed by atoms with E-state index in [9.17, 15) is 9.59 Å². The molecule has 0 bridgehead atoms. The Labute approximate surface area is 146 Å². The molecule has 0 heterocycles. The third-order valence-electron chi connectivity index (χ3n) is 3.68. The van der Waals surface area contributed by atoms with Gasteiger partial charge in [-0.3, -0.25) is 9.59 Å². The van der Waals surface area contributed by atoms with Crippen LogP contribution in [0.4, 0.5) is 0 Å². The van der Waals surface area contributed by atoms with Crippen LogP contribution in [-0.2, 0) is 0 Å². The van der Waals surface area contributed by atoms with Crippen LogP contribution in [0.2, 0.25) is 0 Å². The van der Waals surface area contributed by atoms with E-state index in [0.717, 1.165) is 5.56 Å². The summed E-state index contributed by atoms with van der Waals surface area (Å²) in [6.07, 6.45) is 1.69. The van der Waals surface area contributed by atoms with Gasteiger partial charge in [-0.2, -0.15) is 0 Å². The minimum atomic E-state index is -0.313.